The van der Waals surface area contributed by atoms with Crippen LogP contribution in [0.2, 0.25) is 0 Å². The first-order chi connectivity index (χ1) is 17.2. The third kappa shape index (κ3) is 4.45. The van der Waals surface area contributed by atoms with Crippen LogP contribution < -0.4 is 15.0 Å². The Kier molecular flexibility index (Phi) is 6.44. The van der Waals surface area contributed by atoms with Gasteiger partial charge in [-0.15, -0.1) is 0 Å². The first kappa shape index (κ1) is 24.6. The van der Waals surface area contributed by atoms with Gasteiger partial charge in [0, 0.05) is 48.9 Å². The number of ether oxygens (including phenoxy) is 2. The molecule has 3 aromatic rings. The quantitative estimate of drug-likeness (QED) is 0.521. The summed E-state index contributed by atoms with van der Waals surface area (Å²) in [7, 11) is 0. The Morgan fingerprint density at radius 2 is 1.72 bits per heavy atom. The summed E-state index contributed by atoms with van der Waals surface area (Å²) >= 11 is 0. The van der Waals surface area contributed by atoms with Crippen molar-refractivity contribution in [3.8, 4) is 11.5 Å². The Balaban J connectivity index is 1.47. The lowest BCUT2D eigenvalue weighted by atomic mass is 9.65. The molecule has 36 heavy (non-hydrogen) atoms. The van der Waals surface area contributed by atoms with Crippen molar-refractivity contribution in [1.29, 1.82) is 0 Å². The Morgan fingerprint density at radius 1 is 0.972 bits per heavy atom. The number of fused-ring (bicyclic) bond motifs is 2. The van der Waals surface area contributed by atoms with Crippen LogP contribution in [-0.4, -0.2) is 51.3 Å². The van der Waals surface area contributed by atoms with Crippen LogP contribution in [0.25, 0.3) is 11.0 Å². The highest BCUT2D eigenvalue weighted by molar-refractivity contribution is 5.74. The number of benzene rings is 1. The van der Waals surface area contributed by atoms with E-state index in [4.69, 9.17) is 14.5 Å². The van der Waals surface area contributed by atoms with E-state index < -0.39 is 11.6 Å². The van der Waals surface area contributed by atoms with Crippen LogP contribution in [0.1, 0.15) is 45.7 Å². The number of hydrogen-bond acceptors (Lipinski definition) is 6. The third-order valence-corrected chi connectivity index (χ3v) is 7.71. The molecule has 1 unspecified atom stereocenters. The average Bonchev–Trinajstić information content (AvgIpc) is 2.84. The highest BCUT2D eigenvalue weighted by Gasteiger charge is 2.48. The monoisotopic (exact) mass is 498 g/mol. The van der Waals surface area contributed by atoms with E-state index in [1.54, 1.807) is 6.20 Å². The molecule has 4 heterocycles. The zero-order valence-corrected chi connectivity index (χ0v) is 21.0. The lowest BCUT2D eigenvalue weighted by molar-refractivity contribution is -0.0410. The number of likely N-dealkylation sites (tertiary alicyclic amines) is 1. The number of hydrogen-bond donors (Lipinski definition) is 0. The van der Waals surface area contributed by atoms with Crippen molar-refractivity contribution >= 4 is 11.0 Å². The summed E-state index contributed by atoms with van der Waals surface area (Å²) in [5, 5.41) is 0. The van der Waals surface area contributed by atoms with E-state index >= 15 is 0 Å². The van der Waals surface area contributed by atoms with Gasteiger partial charge in [-0.05, 0) is 24.8 Å². The molecular formula is C27H32F2N4O3. The molecule has 1 fully saturated rings. The van der Waals surface area contributed by atoms with Crippen molar-refractivity contribution in [2.24, 2.45) is 5.41 Å². The minimum absolute atomic E-state index is 0.0944. The molecule has 2 aliphatic heterocycles. The van der Waals surface area contributed by atoms with Gasteiger partial charge in [0.05, 0.1) is 23.4 Å². The van der Waals surface area contributed by atoms with Crippen molar-refractivity contribution in [3.63, 3.8) is 0 Å². The fourth-order valence-electron chi connectivity index (χ4n) is 5.73. The van der Waals surface area contributed by atoms with Gasteiger partial charge in [0.15, 0.2) is 23.1 Å². The summed E-state index contributed by atoms with van der Waals surface area (Å²) < 4.78 is 40.7. The molecule has 9 heteroatoms. The number of pyridine rings is 1. The van der Waals surface area contributed by atoms with Gasteiger partial charge in [-0.25, -0.2) is 13.8 Å². The van der Waals surface area contributed by atoms with Crippen LogP contribution in [-0.2, 0) is 13.0 Å². The summed E-state index contributed by atoms with van der Waals surface area (Å²) in [5.74, 6) is -0.574. The van der Waals surface area contributed by atoms with Gasteiger partial charge in [0.2, 0.25) is 0 Å². The normalized spacial score (nSPS) is 20.6. The zero-order valence-electron chi connectivity index (χ0n) is 21.0. The van der Waals surface area contributed by atoms with E-state index in [2.05, 4.69) is 30.7 Å². The van der Waals surface area contributed by atoms with Gasteiger partial charge >= 0.3 is 0 Å². The highest BCUT2D eigenvalue weighted by atomic mass is 19.2. The molecule has 0 N–H and O–H groups in total. The van der Waals surface area contributed by atoms with E-state index in [1.807, 2.05) is 6.07 Å². The van der Waals surface area contributed by atoms with Crippen LogP contribution in [0.5, 0.6) is 11.5 Å². The molecule has 5 rings (SSSR count). The largest absolute Gasteiger partial charge is 0.486 e. The third-order valence-electron chi connectivity index (χ3n) is 7.71. The van der Waals surface area contributed by atoms with Crippen LogP contribution in [0, 0.1) is 17.0 Å². The number of rotatable bonds is 5. The Bertz CT molecular complexity index is 1340. The molecule has 0 saturated carbocycles. The second-order valence-electron chi connectivity index (χ2n) is 10.7. The fourth-order valence-corrected chi connectivity index (χ4v) is 5.73. The maximum absolute atomic E-state index is 14.0. The topological polar surface area (TPSA) is 69.5 Å². The van der Waals surface area contributed by atoms with Crippen LogP contribution in [0.15, 0.2) is 35.4 Å². The van der Waals surface area contributed by atoms with Crippen LogP contribution >= 0.6 is 0 Å². The molecule has 1 saturated heterocycles. The summed E-state index contributed by atoms with van der Waals surface area (Å²) in [6.07, 6.45) is 6.77. The Hall–Kier alpha value is -3.07. The van der Waals surface area contributed by atoms with Gasteiger partial charge in [-0.3, -0.25) is 14.7 Å². The molecule has 0 bridgehead atoms. The fraction of sp³-hybridized carbons (Fsp3) is 0.519. The van der Waals surface area contributed by atoms with E-state index in [1.165, 1.54) is 10.8 Å². The second-order valence-corrected chi connectivity index (χ2v) is 10.7. The minimum Gasteiger partial charge on any atom is -0.486 e. The van der Waals surface area contributed by atoms with E-state index in [0.29, 0.717) is 37.6 Å². The van der Waals surface area contributed by atoms with Gasteiger partial charge in [0.25, 0.3) is 5.56 Å². The summed E-state index contributed by atoms with van der Waals surface area (Å²) in [5.41, 5.74) is 0.850. The van der Waals surface area contributed by atoms with Crippen LogP contribution in [0.3, 0.4) is 0 Å². The molecule has 0 spiro atoms. The molecule has 1 aromatic carbocycles. The molecule has 0 amide bonds. The van der Waals surface area contributed by atoms with Gasteiger partial charge in [-0.2, -0.15) is 0 Å². The van der Waals surface area contributed by atoms with Crippen molar-refractivity contribution < 1.29 is 18.3 Å². The number of aromatic nitrogens is 3. The van der Waals surface area contributed by atoms with Crippen LogP contribution in [0.4, 0.5) is 8.78 Å². The number of piperidine rings is 1. The number of halogens is 2. The smallest absolute Gasteiger partial charge is 0.269 e. The van der Waals surface area contributed by atoms with E-state index in [9.17, 15) is 13.6 Å². The van der Waals surface area contributed by atoms with Crippen molar-refractivity contribution in [2.45, 2.75) is 58.5 Å². The van der Waals surface area contributed by atoms with Crippen molar-refractivity contribution in [2.75, 3.05) is 26.3 Å². The number of nitrogens with zero attached hydrogens (tertiary/aromatic N) is 4. The standard InChI is InChI=1S/C27H32F2N4O3/c1-26(2,3)27(15-18-12-23-24(16-30-18)36-11-10-35-23)6-4-5-7-32(27)8-9-33-22-14-20(29)19(28)13-21(22)31-17-25(33)34/h12-14,16-17H,4-11,15H2,1-3H3. The molecule has 1 atom stereocenters. The summed E-state index contributed by atoms with van der Waals surface area (Å²) in [6.45, 7) is 9.58. The maximum Gasteiger partial charge on any atom is 0.269 e. The SMILES string of the molecule is CC(C)(C)C1(Cc2cc3c(cn2)OCCO3)CCCCN1CCn1c(=O)cnc2cc(F)c(F)cc21. The molecule has 0 aliphatic carbocycles. The first-order valence-electron chi connectivity index (χ1n) is 12.5. The average molecular weight is 499 g/mol. The first-order valence-corrected chi connectivity index (χ1v) is 12.5. The predicted octanol–water partition coefficient (Wildman–Crippen LogP) is 4.35. The summed E-state index contributed by atoms with van der Waals surface area (Å²) in [4.78, 5) is 23.9. The molecule has 7 nitrogen and oxygen atoms in total. The second kappa shape index (κ2) is 9.42. The van der Waals surface area contributed by atoms with Gasteiger partial charge in [-0.1, -0.05) is 27.2 Å². The Labute approximate surface area is 209 Å². The Morgan fingerprint density at radius 3 is 2.50 bits per heavy atom. The predicted molar refractivity (Wildman–Crippen MR) is 132 cm³/mol. The maximum atomic E-state index is 14.0. The zero-order chi connectivity index (χ0) is 25.5. The lowest BCUT2D eigenvalue weighted by Gasteiger charge is -2.55. The van der Waals surface area contributed by atoms with E-state index in [-0.39, 0.29) is 22.0 Å². The minimum atomic E-state index is -0.990. The van der Waals surface area contributed by atoms with Crippen molar-refractivity contribution in [3.05, 3.63) is 58.3 Å². The van der Waals surface area contributed by atoms with Gasteiger partial charge in [0.1, 0.15) is 13.2 Å². The summed E-state index contributed by atoms with van der Waals surface area (Å²) in [6, 6.07) is 4.08. The van der Waals surface area contributed by atoms with Crippen molar-refractivity contribution in [1.82, 2.24) is 19.4 Å². The molecular weight excluding hydrogens is 466 g/mol. The molecule has 0 radical (unpaired) electrons. The van der Waals surface area contributed by atoms with Gasteiger partial charge < -0.3 is 14.0 Å². The lowest BCUT2D eigenvalue weighted by Crippen LogP contribution is -2.61. The molecule has 192 valence electrons. The molecule has 2 aliphatic rings. The highest BCUT2D eigenvalue weighted by Crippen LogP contribution is 2.45. The molecule has 2 aromatic heterocycles. The van der Waals surface area contributed by atoms with E-state index in [0.717, 1.165) is 55.8 Å².